The van der Waals surface area contributed by atoms with Crippen molar-refractivity contribution in [3.63, 3.8) is 0 Å². The number of thiophene rings is 1. The highest BCUT2D eigenvalue weighted by molar-refractivity contribution is 9.10. The minimum absolute atomic E-state index is 0.102. The van der Waals surface area contributed by atoms with Crippen LogP contribution in [-0.4, -0.2) is 17.9 Å². The van der Waals surface area contributed by atoms with Crippen molar-refractivity contribution in [2.45, 2.75) is 19.4 Å². The fourth-order valence-corrected chi connectivity index (χ4v) is 3.47. The fourth-order valence-electron chi connectivity index (χ4n) is 1.96. The first-order valence-electron chi connectivity index (χ1n) is 6.10. The molecular formula is C15H16BrNOS. The first-order chi connectivity index (χ1) is 9.08. The van der Waals surface area contributed by atoms with Crippen LogP contribution in [0.15, 0.2) is 46.3 Å². The van der Waals surface area contributed by atoms with Gasteiger partial charge in [0.1, 0.15) is 0 Å². The summed E-state index contributed by atoms with van der Waals surface area (Å²) < 4.78 is 1.07. The molecule has 0 spiro atoms. The Labute approximate surface area is 126 Å². The van der Waals surface area contributed by atoms with Crippen molar-refractivity contribution in [3.05, 3.63) is 56.7 Å². The van der Waals surface area contributed by atoms with Gasteiger partial charge < -0.3 is 4.90 Å². The highest BCUT2D eigenvalue weighted by Crippen LogP contribution is 2.23. The minimum atomic E-state index is -0.102. The molecule has 0 fully saturated rings. The molecular weight excluding hydrogens is 322 g/mol. The lowest BCUT2D eigenvalue weighted by atomic mass is 10.00. The minimum Gasteiger partial charge on any atom is -0.340 e. The van der Waals surface area contributed by atoms with Crippen molar-refractivity contribution >= 4 is 33.2 Å². The lowest BCUT2D eigenvalue weighted by Crippen LogP contribution is -2.29. The van der Waals surface area contributed by atoms with E-state index in [1.54, 1.807) is 16.2 Å². The molecule has 0 aliphatic rings. The second kappa shape index (κ2) is 6.35. The lowest BCUT2D eigenvalue weighted by Gasteiger charge is -2.21. The number of benzene rings is 1. The van der Waals surface area contributed by atoms with Gasteiger partial charge >= 0.3 is 0 Å². The van der Waals surface area contributed by atoms with Gasteiger partial charge in [-0.3, -0.25) is 4.79 Å². The Bertz CT molecular complexity index is 552. The second-order valence-electron chi connectivity index (χ2n) is 4.56. The van der Waals surface area contributed by atoms with Crippen molar-refractivity contribution in [1.29, 1.82) is 0 Å². The van der Waals surface area contributed by atoms with Crippen LogP contribution < -0.4 is 0 Å². The number of carbonyl (C=O) groups is 1. The molecule has 2 rings (SSSR count). The van der Waals surface area contributed by atoms with Crippen LogP contribution in [0.4, 0.5) is 0 Å². The number of carbonyl (C=O) groups excluding carboxylic acids is 1. The molecule has 1 amide bonds. The van der Waals surface area contributed by atoms with E-state index in [0.717, 1.165) is 10.0 Å². The number of hydrogen-bond acceptors (Lipinski definition) is 2. The Morgan fingerprint density at radius 1 is 1.37 bits per heavy atom. The summed E-state index contributed by atoms with van der Waals surface area (Å²) in [4.78, 5) is 15.3. The Balaban J connectivity index is 2.03. The molecule has 1 aromatic carbocycles. The van der Waals surface area contributed by atoms with E-state index < -0.39 is 0 Å². The molecule has 2 nitrogen and oxygen atoms in total. The summed E-state index contributed by atoms with van der Waals surface area (Å²) in [5, 5.41) is 2.04. The summed E-state index contributed by atoms with van der Waals surface area (Å²) in [5.41, 5.74) is 1.06. The summed E-state index contributed by atoms with van der Waals surface area (Å²) in [6.45, 7) is 2.62. The summed E-state index contributed by atoms with van der Waals surface area (Å²) in [6.07, 6.45) is 0. The van der Waals surface area contributed by atoms with Gasteiger partial charge in [-0.15, -0.1) is 11.3 Å². The van der Waals surface area contributed by atoms with E-state index in [0.29, 0.717) is 6.54 Å². The van der Waals surface area contributed by atoms with Crippen LogP contribution in [-0.2, 0) is 11.3 Å². The summed E-state index contributed by atoms with van der Waals surface area (Å²) in [7, 11) is 1.86. The molecule has 0 N–H and O–H groups in total. The number of hydrogen-bond donors (Lipinski definition) is 0. The first-order valence-corrected chi connectivity index (χ1v) is 7.78. The van der Waals surface area contributed by atoms with Crippen LogP contribution >= 0.6 is 27.3 Å². The van der Waals surface area contributed by atoms with Crippen molar-refractivity contribution in [2.75, 3.05) is 7.05 Å². The molecule has 1 atom stereocenters. The third-order valence-electron chi connectivity index (χ3n) is 3.06. The maximum absolute atomic E-state index is 12.4. The normalized spacial score (nSPS) is 12.2. The maximum atomic E-state index is 12.4. The van der Waals surface area contributed by atoms with Crippen molar-refractivity contribution in [3.8, 4) is 0 Å². The van der Waals surface area contributed by atoms with E-state index in [-0.39, 0.29) is 11.8 Å². The van der Waals surface area contributed by atoms with Crippen LogP contribution in [0.1, 0.15) is 23.3 Å². The Kier molecular flexibility index (Phi) is 4.77. The van der Waals surface area contributed by atoms with E-state index in [2.05, 4.69) is 22.0 Å². The lowest BCUT2D eigenvalue weighted by molar-refractivity contribution is -0.131. The maximum Gasteiger partial charge on any atom is 0.229 e. The molecule has 1 unspecified atom stereocenters. The van der Waals surface area contributed by atoms with Gasteiger partial charge in [0.05, 0.1) is 12.5 Å². The molecule has 1 aromatic heterocycles. The van der Waals surface area contributed by atoms with E-state index in [1.165, 1.54) is 4.88 Å². The zero-order valence-electron chi connectivity index (χ0n) is 11.0. The highest BCUT2D eigenvalue weighted by Gasteiger charge is 2.19. The number of halogens is 1. The van der Waals surface area contributed by atoms with E-state index >= 15 is 0 Å². The summed E-state index contributed by atoms with van der Waals surface area (Å²) >= 11 is 5.09. The van der Waals surface area contributed by atoms with Gasteiger partial charge in [0.25, 0.3) is 0 Å². The third kappa shape index (κ3) is 3.67. The third-order valence-corrected chi connectivity index (χ3v) is 4.74. The van der Waals surface area contributed by atoms with Crippen LogP contribution in [0.2, 0.25) is 0 Å². The van der Waals surface area contributed by atoms with Gasteiger partial charge in [0, 0.05) is 21.8 Å². The predicted molar refractivity (Wildman–Crippen MR) is 83.4 cm³/mol. The van der Waals surface area contributed by atoms with E-state index in [9.17, 15) is 4.79 Å². The zero-order chi connectivity index (χ0) is 13.8. The molecule has 0 saturated heterocycles. The topological polar surface area (TPSA) is 20.3 Å². The van der Waals surface area contributed by atoms with Gasteiger partial charge in [-0.25, -0.2) is 0 Å². The number of nitrogens with zero attached hydrogens (tertiary/aromatic N) is 1. The zero-order valence-corrected chi connectivity index (χ0v) is 13.4. The predicted octanol–water partition coefficient (Wildman–Crippen LogP) is 4.27. The van der Waals surface area contributed by atoms with E-state index in [4.69, 9.17) is 0 Å². The summed E-state index contributed by atoms with van der Waals surface area (Å²) in [5.74, 6) is 0.0466. The molecule has 4 heteroatoms. The molecule has 0 aliphatic heterocycles. The van der Waals surface area contributed by atoms with Crippen molar-refractivity contribution in [1.82, 2.24) is 4.90 Å². The molecule has 1 heterocycles. The molecule has 0 aliphatic carbocycles. The average Bonchev–Trinajstić information content (AvgIpc) is 2.83. The van der Waals surface area contributed by atoms with E-state index in [1.807, 2.05) is 49.7 Å². The van der Waals surface area contributed by atoms with Gasteiger partial charge in [0.15, 0.2) is 0 Å². The van der Waals surface area contributed by atoms with Crippen molar-refractivity contribution < 1.29 is 4.79 Å². The Morgan fingerprint density at radius 2 is 2.05 bits per heavy atom. The largest absolute Gasteiger partial charge is 0.340 e. The van der Waals surface area contributed by atoms with Crippen LogP contribution in [0.25, 0.3) is 0 Å². The number of amides is 1. The van der Waals surface area contributed by atoms with Gasteiger partial charge in [-0.2, -0.15) is 0 Å². The fraction of sp³-hybridized carbons (Fsp3) is 0.267. The highest BCUT2D eigenvalue weighted by atomic mass is 79.9. The SMILES string of the molecule is CC(C(=O)N(C)Cc1cc(Br)cs1)c1ccccc1. The second-order valence-corrected chi connectivity index (χ2v) is 6.47. The molecule has 19 heavy (non-hydrogen) atoms. The van der Waals surface area contributed by atoms with Gasteiger partial charge in [-0.1, -0.05) is 30.3 Å². The smallest absolute Gasteiger partial charge is 0.229 e. The molecule has 0 saturated carbocycles. The standard InChI is InChI=1S/C15H16BrNOS/c1-11(12-6-4-3-5-7-12)15(18)17(2)9-14-8-13(16)10-19-14/h3-8,10-11H,9H2,1-2H3. The molecule has 0 bridgehead atoms. The van der Waals surface area contributed by atoms with Gasteiger partial charge in [0.2, 0.25) is 5.91 Å². The quantitative estimate of drug-likeness (QED) is 0.815. The van der Waals surface area contributed by atoms with Gasteiger partial charge in [-0.05, 0) is 34.5 Å². The van der Waals surface area contributed by atoms with Crippen LogP contribution in [0.3, 0.4) is 0 Å². The number of likely N-dealkylation sites (N-methyl/N-ethyl adjacent to an activating group) is 1. The molecule has 100 valence electrons. The molecule has 2 aromatic rings. The monoisotopic (exact) mass is 337 g/mol. The Hall–Kier alpha value is -1.13. The van der Waals surface area contributed by atoms with Crippen molar-refractivity contribution in [2.24, 2.45) is 0 Å². The Morgan fingerprint density at radius 3 is 2.63 bits per heavy atom. The average molecular weight is 338 g/mol. The van der Waals surface area contributed by atoms with Crippen LogP contribution in [0, 0.1) is 0 Å². The molecule has 0 radical (unpaired) electrons. The first kappa shape index (κ1) is 14.3. The summed E-state index contributed by atoms with van der Waals surface area (Å²) in [6, 6.07) is 12.0. The van der Waals surface area contributed by atoms with Crippen LogP contribution in [0.5, 0.6) is 0 Å². The number of rotatable bonds is 4.